The molecule has 0 spiro atoms. The van der Waals surface area contributed by atoms with Crippen molar-refractivity contribution in [2.24, 2.45) is 0 Å². The first-order valence-electron chi connectivity index (χ1n) is 6.97. The highest BCUT2D eigenvalue weighted by molar-refractivity contribution is 6.39. The van der Waals surface area contributed by atoms with Crippen molar-refractivity contribution in [1.29, 1.82) is 0 Å². The molecule has 0 saturated carbocycles. The molecule has 0 atom stereocenters. The number of hydrogen-bond donors (Lipinski definition) is 0. The minimum absolute atomic E-state index is 0.112. The third kappa shape index (κ3) is 3.18. The van der Waals surface area contributed by atoms with Crippen LogP contribution in [0.1, 0.15) is 13.8 Å². The summed E-state index contributed by atoms with van der Waals surface area (Å²) in [5.74, 6) is 0. The maximum atomic E-state index is 10.9. The summed E-state index contributed by atoms with van der Waals surface area (Å²) < 4.78 is 0. The SMILES string of the molecule is CCN(CC)c1ccccc1-c1c(Cl)cc([N+](=O)[O-])cc1Cl. The molecule has 0 saturated heterocycles. The van der Waals surface area contributed by atoms with Crippen molar-refractivity contribution < 1.29 is 4.92 Å². The molecule has 0 amide bonds. The maximum Gasteiger partial charge on any atom is 0.272 e. The zero-order valence-electron chi connectivity index (χ0n) is 12.3. The van der Waals surface area contributed by atoms with Gasteiger partial charge in [0.05, 0.1) is 15.0 Å². The van der Waals surface area contributed by atoms with Gasteiger partial charge in [-0.05, 0) is 19.9 Å². The molecule has 0 unspecified atom stereocenters. The third-order valence-electron chi connectivity index (χ3n) is 3.52. The van der Waals surface area contributed by atoms with Gasteiger partial charge in [-0.2, -0.15) is 0 Å². The molecule has 6 heteroatoms. The van der Waals surface area contributed by atoms with Gasteiger partial charge in [0.1, 0.15) is 0 Å². The van der Waals surface area contributed by atoms with E-state index in [2.05, 4.69) is 18.7 Å². The summed E-state index contributed by atoms with van der Waals surface area (Å²) in [6.45, 7) is 5.82. The fourth-order valence-corrected chi connectivity index (χ4v) is 3.13. The van der Waals surface area contributed by atoms with Crippen LogP contribution in [0.5, 0.6) is 0 Å². The van der Waals surface area contributed by atoms with Crippen LogP contribution in [0.4, 0.5) is 11.4 Å². The summed E-state index contributed by atoms with van der Waals surface area (Å²) >= 11 is 12.5. The van der Waals surface area contributed by atoms with Crippen molar-refractivity contribution >= 4 is 34.6 Å². The summed E-state index contributed by atoms with van der Waals surface area (Å²) in [6.07, 6.45) is 0. The molecule has 2 rings (SSSR count). The van der Waals surface area contributed by atoms with Crippen LogP contribution in [0.25, 0.3) is 11.1 Å². The number of para-hydroxylation sites is 1. The third-order valence-corrected chi connectivity index (χ3v) is 4.11. The number of hydrogen-bond acceptors (Lipinski definition) is 3. The van der Waals surface area contributed by atoms with Gasteiger partial charge in [0.25, 0.3) is 5.69 Å². The van der Waals surface area contributed by atoms with Crippen LogP contribution in [0.3, 0.4) is 0 Å². The van der Waals surface area contributed by atoms with Gasteiger partial charge in [0, 0.05) is 42.0 Å². The zero-order valence-corrected chi connectivity index (χ0v) is 13.9. The molecule has 2 aromatic carbocycles. The largest absolute Gasteiger partial charge is 0.372 e. The summed E-state index contributed by atoms with van der Waals surface area (Å²) in [5, 5.41) is 11.5. The quantitative estimate of drug-likeness (QED) is 0.540. The number of halogens is 2. The predicted octanol–water partition coefficient (Wildman–Crippen LogP) is 5.41. The molecule has 0 bridgehead atoms. The van der Waals surface area contributed by atoms with E-state index in [4.69, 9.17) is 23.2 Å². The van der Waals surface area contributed by atoms with Crippen LogP contribution < -0.4 is 4.90 Å². The van der Waals surface area contributed by atoms with E-state index in [1.54, 1.807) is 0 Å². The monoisotopic (exact) mass is 338 g/mol. The van der Waals surface area contributed by atoms with Gasteiger partial charge >= 0.3 is 0 Å². The highest BCUT2D eigenvalue weighted by Crippen LogP contribution is 2.41. The maximum absolute atomic E-state index is 10.9. The van der Waals surface area contributed by atoms with Crippen molar-refractivity contribution in [2.75, 3.05) is 18.0 Å². The number of rotatable bonds is 5. The highest BCUT2D eigenvalue weighted by atomic mass is 35.5. The number of anilines is 1. The van der Waals surface area contributed by atoms with Crippen molar-refractivity contribution in [2.45, 2.75) is 13.8 Å². The number of nitrogens with zero attached hydrogens (tertiary/aromatic N) is 2. The fourth-order valence-electron chi connectivity index (χ4n) is 2.45. The van der Waals surface area contributed by atoms with Gasteiger partial charge in [0.15, 0.2) is 0 Å². The Morgan fingerprint density at radius 3 is 2.14 bits per heavy atom. The van der Waals surface area contributed by atoms with E-state index < -0.39 is 4.92 Å². The molecule has 0 radical (unpaired) electrons. The van der Waals surface area contributed by atoms with Crippen molar-refractivity contribution in [3.63, 3.8) is 0 Å². The summed E-state index contributed by atoms with van der Waals surface area (Å²) in [5.41, 5.74) is 2.39. The molecule has 2 aromatic rings. The zero-order chi connectivity index (χ0) is 16.3. The first kappa shape index (κ1) is 16.6. The van der Waals surface area contributed by atoms with Gasteiger partial charge in [-0.25, -0.2) is 0 Å². The first-order chi connectivity index (χ1) is 10.5. The molecule has 0 aliphatic heterocycles. The van der Waals surface area contributed by atoms with Gasteiger partial charge in [-0.1, -0.05) is 41.4 Å². The Bertz CT molecular complexity index is 677. The molecule has 22 heavy (non-hydrogen) atoms. The summed E-state index contributed by atoms with van der Waals surface area (Å²) in [4.78, 5) is 12.6. The Hall–Kier alpha value is -1.78. The van der Waals surface area contributed by atoms with E-state index in [1.165, 1.54) is 12.1 Å². The van der Waals surface area contributed by atoms with E-state index in [9.17, 15) is 10.1 Å². The van der Waals surface area contributed by atoms with Crippen molar-refractivity contribution in [1.82, 2.24) is 0 Å². The lowest BCUT2D eigenvalue weighted by molar-refractivity contribution is -0.384. The number of nitro groups is 1. The van der Waals surface area contributed by atoms with Gasteiger partial charge < -0.3 is 4.90 Å². The molecule has 116 valence electrons. The van der Waals surface area contributed by atoms with Crippen LogP contribution in [-0.4, -0.2) is 18.0 Å². The van der Waals surface area contributed by atoms with E-state index in [-0.39, 0.29) is 15.7 Å². The minimum atomic E-state index is -0.502. The molecule has 0 N–H and O–H groups in total. The Morgan fingerprint density at radius 1 is 1.09 bits per heavy atom. The lowest BCUT2D eigenvalue weighted by atomic mass is 10.0. The molecule has 0 aliphatic rings. The normalized spacial score (nSPS) is 10.5. The van der Waals surface area contributed by atoms with Crippen LogP contribution >= 0.6 is 23.2 Å². The number of nitro benzene ring substituents is 1. The van der Waals surface area contributed by atoms with Crippen LogP contribution in [0, 0.1) is 10.1 Å². The van der Waals surface area contributed by atoms with Crippen molar-refractivity contribution in [3.8, 4) is 11.1 Å². The molecule has 0 heterocycles. The minimum Gasteiger partial charge on any atom is -0.372 e. The second kappa shape index (κ2) is 6.99. The van der Waals surface area contributed by atoms with E-state index >= 15 is 0 Å². The van der Waals surface area contributed by atoms with Crippen molar-refractivity contribution in [3.05, 3.63) is 56.6 Å². The molecular weight excluding hydrogens is 323 g/mol. The second-order valence-electron chi connectivity index (χ2n) is 4.73. The molecule has 0 fully saturated rings. The Labute approximate surface area is 139 Å². The average Bonchev–Trinajstić information content (AvgIpc) is 2.49. The van der Waals surface area contributed by atoms with Crippen LogP contribution in [0.2, 0.25) is 10.0 Å². The van der Waals surface area contributed by atoms with E-state index in [1.807, 2.05) is 24.3 Å². The summed E-state index contributed by atoms with van der Waals surface area (Å²) in [6, 6.07) is 10.4. The van der Waals surface area contributed by atoms with Gasteiger partial charge in [0.2, 0.25) is 0 Å². The Kier molecular flexibility index (Phi) is 5.27. The highest BCUT2D eigenvalue weighted by Gasteiger charge is 2.19. The summed E-state index contributed by atoms with van der Waals surface area (Å²) in [7, 11) is 0. The predicted molar refractivity (Wildman–Crippen MR) is 92.1 cm³/mol. The number of benzene rings is 2. The van der Waals surface area contributed by atoms with Gasteiger partial charge in [-0.3, -0.25) is 10.1 Å². The Morgan fingerprint density at radius 2 is 1.64 bits per heavy atom. The standard InChI is InChI=1S/C16H16Cl2N2O2/c1-3-19(4-2)15-8-6-5-7-12(15)16-13(17)9-11(20(21)22)10-14(16)18/h5-10H,3-4H2,1-2H3. The smallest absolute Gasteiger partial charge is 0.272 e. The Balaban J connectivity index is 2.65. The first-order valence-corrected chi connectivity index (χ1v) is 7.72. The van der Waals surface area contributed by atoms with E-state index in [0.29, 0.717) is 5.56 Å². The van der Waals surface area contributed by atoms with Crippen LogP contribution in [0.15, 0.2) is 36.4 Å². The second-order valence-corrected chi connectivity index (χ2v) is 5.55. The topological polar surface area (TPSA) is 46.4 Å². The molecule has 4 nitrogen and oxygen atoms in total. The van der Waals surface area contributed by atoms with Gasteiger partial charge in [-0.15, -0.1) is 0 Å². The molecular formula is C16H16Cl2N2O2. The van der Waals surface area contributed by atoms with Crippen LogP contribution in [-0.2, 0) is 0 Å². The lowest BCUT2D eigenvalue weighted by Gasteiger charge is -2.24. The fraction of sp³-hybridized carbons (Fsp3) is 0.250. The number of non-ortho nitro benzene ring substituents is 1. The van der Waals surface area contributed by atoms with E-state index in [0.717, 1.165) is 24.3 Å². The average molecular weight is 339 g/mol. The lowest BCUT2D eigenvalue weighted by Crippen LogP contribution is -2.22. The molecule has 0 aliphatic carbocycles. The molecule has 0 aromatic heterocycles.